The third-order valence-corrected chi connectivity index (χ3v) is 5.08. The van der Waals surface area contributed by atoms with Gasteiger partial charge in [-0.3, -0.25) is 14.4 Å². The summed E-state index contributed by atoms with van der Waals surface area (Å²) >= 11 is 0. The zero-order chi connectivity index (χ0) is 22.6. The van der Waals surface area contributed by atoms with Gasteiger partial charge in [0.05, 0.1) is 5.56 Å². The lowest BCUT2D eigenvalue weighted by Crippen LogP contribution is -2.53. The second-order valence-electron chi connectivity index (χ2n) is 7.19. The van der Waals surface area contributed by atoms with E-state index in [1.807, 2.05) is 6.92 Å². The molecular formula is C22H22F3N3O3. The summed E-state index contributed by atoms with van der Waals surface area (Å²) < 4.78 is 38.4. The summed E-state index contributed by atoms with van der Waals surface area (Å²) in [5, 5.41) is 2.60. The average molecular weight is 433 g/mol. The maximum absolute atomic E-state index is 12.8. The van der Waals surface area contributed by atoms with Gasteiger partial charge in [-0.15, -0.1) is 0 Å². The van der Waals surface area contributed by atoms with Crippen molar-refractivity contribution in [3.63, 3.8) is 0 Å². The number of carbonyl (C=O) groups excluding carboxylic acids is 3. The number of piperazine rings is 1. The Morgan fingerprint density at radius 1 is 0.968 bits per heavy atom. The third-order valence-electron chi connectivity index (χ3n) is 5.08. The first-order valence-electron chi connectivity index (χ1n) is 9.80. The van der Waals surface area contributed by atoms with Crippen LogP contribution in [0.5, 0.6) is 0 Å². The second kappa shape index (κ2) is 9.20. The van der Waals surface area contributed by atoms with Crippen LogP contribution in [0.4, 0.5) is 13.2 Å². The highest BCUT2D eigenvalue weighted by molar-refractivity contribution is 6.35. The number of nitrogens with zero attached hydrogens (tertiary/aromatic N) is 2. The Labute approximate surface area is 177 Å². The molecule has 164 valence electrons. The highest BCUT2D eigenvalue weighted by atomic mass is 19.4. The molecule has 31 heavy (non-hydrogen) atoms. The van der Waals surface area contributed by atoms with E-state index in [0.717, 1.165) is 17.7 Å². The summed E-state index contributed by atoms with van der Waals surface area (Å²) in [6.45, 7) is 3.45. The molecule has 6 nitrogen and oxygen atoms in total. The van der Waals surface area contributed by atoms with E-state index in [0.29, 0.717) is 30.8 Å². The average Bonchev–Trinajstić information content (AvgIpc) is 2.75. The molecule has 0 atom stereocenters. The molecular weight excluding hydrogens is 411 g/mol. The number of benzene rings is 2. The second-order valence-corrected chi connectivity index (χ2v) is 7.19. The molecule has 3 amide bonds. The third kappa shape index (κ3) is 5.42. The molecule has 0 unspecified atom stereocenters. The summed E-state index contributed by atoms with van der Waals surface area (Å²) in [5.41, 5.74) is 0.681. The van der Waals surface area contributed by atoms with Crippen LogP contribution < -0.4 is 5.32 Å². The van der Waals surface area contributed by atoms with Crippen molar-refractivity contribution in [1.82, 2.24) is 15.1 Å². The van der Waals surface area contributed by atoms with Gasteiger partial charge in [-0.1, -0.05) is 24.3 Å². The Balaban J connectivity index is 1.57. The molecule has 0 radical (unpaired) electrons. The van der Waals surface area contributed by atoms with Gasteiger partial charge in [-0.05, 0) is 42.3 Å². The number of halogens is 3. The maximum Gasteiger partial charge on any atom is 0.416 e. The number of nitrogens with one attached hydrogen (secondary N) is 1. The minimum absolute atomic E-state index is 0.0389. The van der Waals surface area contributed by atoms with Crippen LogP contribution in [0.25, 0.3) is 0 Å². The maximum atomic E-state index is 12.8. The van der Waals surface area contributed by atoms with E-state index in [-0.39, 0.29) is 13.1 Å². The van der Waals surface area contributed by atoms with Gasteiger partial charge in [-0.2, -0.15) is 13.2 Å². The van der Waals surface area contributed by atoms with Crippen molar-refractivity contribution >= 4 is 17.7 Å². The Hall–Kier alpha value is -3.36. The van der Waals surface area contributed by atoms with Gasteiger partial charge in [-0.25, -0.2) is 0 Å². The van der Waals surface area contributed by atoms with Gasteiger partial charge < -0.3 is 15.1 Å². The van der Waals surface area contributed by atoms with Crippen molar-refractivity contribution in [2.75, 3.05) is 19.6 Å². The van der Waals surface area contributed by atoms with Crippen molar-refractivity contribution in [1.29, 1.82) is 0 Å². The molecule has 0 bridgehead atoms. The summed E-state index contributed by atoms with van der Waals surface area (Å²) in [4.78, 5) is 39.4. The summed E-state index contributed by atoms with van der Waals surface area (Å²) in [5.74, 6) is -1.48. The number of hydrogen-bond acceptors (Lipinski definition) is 3. The molecule has 1 aliphatic heterocycles. The highest BCUT2D eigenvalue weighted by Gasteiger charge is 2.31. The molecule has 1 aliphatic rings. The fraction of sp³-hybridized carbons (Fsp3) is 0.318. The normalized spacial score (nSPS) is 14.7. The number of carbonyl (C=O) groups is 3. The Kier molecular flexibility index (Phi) is 6.62. The van der Waals surface area contributed by atoms with Crippen LogP contribution in [-0.4, -0.2) is 47.2 Å². The standard InChI is InChI=1S/C22H22F3N3O3/c1-2-27-10-11-28(21(31)20(27)30)14-15-6-8-17(9-7-15)19(29)26-13-16-4-3-5-18(12-16)22(23,24)25/h3-9,12H,2,10-11,13-14H2,1H3,(H,26,29). The minimum atomic E-state index is -4.44. The molecule has 1 N–H and O–H groups in total. The number of rotatable bonds is 6. The lowest BCUT2D eigenvalue weighted by molar-refractivity contribution is -0.156. The number of likely N-dealkylation sites (N-methyl/N-ethyl adjacent to an activating group) is 1. The van der Waals surface area contributed by atoms with E-state index in [4.69, 9.17) is 0 Å². The SMILES string of the molecule is CCN1CCN(Cc2ccc(C(=O)NCc3cccc(C(F)(F)F)c3)cc2)C(=O)C1=O. The van der Waals surface area contributed by atoms with Crippen molar-refractivity contribution in [2.45, 2.75) is 26.2 Å². The first kappa shape index (κ1) is 22.3. The van der Waals surface area contributed by atoms with Gasteiger partial charge in [0.2, 0.25) is 0 Å². The van der Waals surface area contributed by atoms with Crippen LogP contribution >= 0.6 is 0 Å². The molecule has 0 aromatic heterocycles. The molecule has 2 aromatic carbocycles. The largest absolute Gasteiger partial charge is 0.416 e. The number of amides is 3. The topological polar surface area (TPSA) is 69.7 Å². The van der Waals surface area contributed by atoms with Crippen LogP contribution in [0.15, 0.2) is 48.5 Å². The quantitative estimate of drug-likeness (QED) is 0.713. The van der Waals surface area contributed by atoms with Crippen LogP contribution in [0, 0.1) is 0 Å². The zero-order valence-corrected chi connectivity index (χ0v) is 16.9. The first-order chi connectivity index (χ1) is 14.7. The highest BCUT2D eigenvalue weighted by Crippen LogP contribution is 2.29. The smallest absolute Gasteiger partial charge is 0.348 e. The molecule has 1 fully saturated rings. The summed E-state index contributed by atoms with van der Waals surface area (Å²) in [7, 11) is 0. The van der Waals surface area contributed by atoms with E-state index in [9.17, 15) is 27.6 Å². The van der Waals surface area contributed by atoms with E-state index in [1.165, 1.54) is 21.9 Å². The molecule has 9 heteroatoms. The molecule has 1 heterocycles. The number of alkyl halides is 3. The molecule has 0 aliphatic carbocycles. The predicted molar refractivity (Wildman–Crippen MR) is 107 cm³/mol. The van der Waals surface area contributed by atoms with Crippen molar-refractivity contribution in [3.8, 4) is 0 Å². The lowest BCUT2D eigenvalue weighted by atomic mass is 10.1. The van der Waals surface area contributed by atoms with Crippen LogP contribution in [0.2, 0.25) is 0 Å². The molecule has 3 rings (SSSR count). The number of hydrogen-bond donors (Lipinski definition) is 1. The van der Waals surface area contributed by atoms with Crippen molar-refractivity contribution in [3.05, 3.63) is 70.8 Å². The van der Waals surface area contributed by atoms with Crippen LogP contribution in [0.3, 0.4) is 0 Å². The van der Waals surface area contributed by atoms with Gasteiger partial charge in [0.1, 0.15) is 0 Å². The van der Waals surface area contributed by atoms with Crippen molar-refractivity contribution in [2.24, 2.45) is 0 Å². The van der Waals surface area contributed by atoms with E-state index < -0.39 is 29.5 Å². The Morgan fingerprint density at radius 3 is 2.26 bits per heavy atom. The Morgan fingerprint density at radius 2 is 1.61 bits per heavy atom. The fourth-order valence-electron chi connectivity index (χ4n) is 3.29. The predicted octanol–water partition coefficient (Wildman–Crippen LogP) is 2.83. The van der Waals surface area contributed by atoms with E-state index in [1.54, 1.807) is 24.3 Å². The van der Waals surface area contributed by atoms with Gasteiger partial charge in [0.15, 0.2) is 0 Å². The van der Waals surface area contributed by atoms with Gasteiger partial charge >= 0.3 is 18.0 Å². The lowest BCUT2D eigenvalue weighted by Gasteiger charge is -2.33. The fourth-order valence-corrected chi connectivity index (χ4v) is 3.29. The van der Waals surface area contributed by atoms with E-state index >= 15 is 0 Å². The van der Waals surface area contributed by atoms with Crippen LogP contribution in [-0.2, 0) is 28.9 Å². The summed E-state index contributed by atoms with van der Waals surface area (Å²) in [6, 6.07) is 11.3. The minimum Gasteiger partial charge on any atom is -0.348 e. The Bertz CT molecular complexity index is 974. The molecule has 0 saturated carbocycles. The monoisotopic (exact) mass is 433 g/mol. The van der Waals surface area contributed by atoms with E-state index in [2.05, 4.69) is 5.32 Å². The molecule has 0 spiro atoms. The molecule has 2 aromatic rings. The van der Waals surface area contributed by atoms with Crippen LogP contribution in [0.1, 0.15) is 34.0 Å². The van der Waals surface area contributed by atoms with Gasteiger partial charge in [0, 0.05) is 38.3 Å². The zero-order valence-electron chi connectivity index (χ0n) is 16.9. The van der Waals surface area contributed by atoms with Crippen molar-refractivity contribution < 1.29 is 27.6 Å². The first-order valence-corrected chi connectivity index (χ1v) is 9.80. The molecule has 1 saturated heterocycles. The summed E-state index contributed by atoms with van der Waals surface area (Å²) in [6.07, 6.45) is -4.44. The van der Waals surface area contributed by atoms with Gasteiger partial charge in [0.25, 0.3) is 5.91 Å².